The molecule has 0 saturated heterocycles. The average Bonchev–Trinajstić information content (AvgIpc) is 2.43. The highest BCUT2D eigenvalue weighted by molar-refractivity contribution is 14.1. The molecule has 0 amide bonds. The first-order chi connectivity index (χ1) is 10.4. The second-order valence-electron chi connectivity index (χ2n) is 7.19. The highest BCUT2D eigenvalue weighted by Crippen LogP contribution is 2.36. The van der Waals surface area contributed by atoms with Gasteiger partial charge >= 0.3 is 5.97 Å². The van der Waals surface area contributed by atoms with E-state index in [-0.39, 0.29) is 28.7 Å². The molecule has 23 heavy (non-hydrogen) atoms. The lowest BCUT2D eigenvalue weighted by molar-refractivity contribution is -0.152. The van der Waals surface area contributed by atoms with Crippen LogP contribution in [-0.4, -0.2) is 38.1 Å². The number of rotatable bonds is 9. The summed E-state index contributed by atoms with van der Waals surface area (Å²) in [7, 11) is -1.91. The predicted octanol–water partition coefficient (Wildman–Crippen LogP) is 5.00. The lowest BCUT2D eigenvalue weighted by Crippen LogP contribution is -2.43. The van der Waals surface area contributed by atoms with Gasteiger partial charge in [-0.3, -0.25) is 9.59 Å². The summed E-state index contributed by atoms with van der Waals surface area (Å²) in [6.07, 6.45) is 0.0615. The van der Waals surface area contributed by atoms with Crippen molar-refractivity contribution in [2.45, 2.75) is 64.8 Å². The van der Waals surface area contributed by atoms with Gasteiger partial charge in [0.25, 0.3) is 0 Å². The fraction of sp³-hybridized carbons (Fsp3) is 0.750. The fourth-order valence-corrected chi connectivity index (χ4v) is 2.98. The molecule has 0 N–H and O–H groups in total. The van der Waals surface area contributed by atoms with Crippen molar-refractivity contribution in [3.8, 4) is 0 Å². The Bertz CT molecular complexity index is 444. The van der Waals surface area contributed by atoms with E-state index < -0.39 is 14.3 Å². The molecule has 1 unspecified atom stereocenters. The number of hydrogen-bond donors (Lipinski definition) is 0. The van der Waals surface area contributed by atoms with Gasteiger partial charge < -0.3 is 9.16 Å². The van der Waals surface area contributed by atoms with Gasteiger partial charge in [0.15, 0.2) is 14.1 Å². The number of ketones is 1. The summed E-state index contributed by atoms with van der Waals surface area (Å²) in [6, 6.07) is 0. The van der Waals surface area contributed by atoms with Crippen molar-refractivity contribution in [3.05, 3.63) is 9.66 Å². The number of alkyl halides is 1. The number of carbonyl (C=O) groups excluding carboxylic acids is 2. The molecule has 0 aliphatic heterocycles. The van der Waals surface area contributed by atoms with Crippen LogP contribution in [0.4, 0.5) is 0 Å². The second kappa shape index (κ2) is 10.3. The largest absolute Gasteiger partial charge is 0.459 e. The topological polar surface area (TPSA) is 52.6 Å². The van der Waals surface area contributed by atoms with Crippen LogP contribution < -0.4 is 0 Å². The standard InChI is InChI=1S/C16H28BrIO4Si/c1-12(10-18)7-14(22-15(20)8-13(19)9-17)11-21-23(5,6)16(2,3)4/h10,14H,7-9,11H2,1-6H3/b12-10+. The molecular formula is C16H28BrIO4Si. The summed E-state index contributed by atoms with van der Waals surface area (Å²) in [5, 5.41) is 0.265. The van der Waals surface area contributed by atoms with Gasteiger partial charge in [-0.15, -0.1) is 0 Å². The lowest BCUT2D eigenvalue weighted by Gasteiger charge is -2.37. The van der Waals surface area contributed by atoms with E-state index in [4.69, 9.17) is 9.16 Å². The number of esters is 1. The maximum absolute atomic E-state index is 11.9. The summed E-state index contributed by atoms with van der Waals surface area (Å²) in [5.74, 6) is -0.667. The van der Waals surface area contributed by atoms with E-state index in [1.54, 1.807) is 0 Å². The van der Waals surface area contributed by atoms with Gasteiger partial charge in [0.1, 0.15) is 12.5 Å². The van der Waals surface area contributed by atoms with Crippen LogP contribution >= 0.6 is 38.5 Å². The first kappa shape index (κ1) is 23.3. The van der Waals surface area contributed by atoms with Crippen LogP contribution in [0.2, 0.25) is 18.1 Å². The number of hydrogen-bond acceptors (Lipinski definition) is 4. The third-order valence-corrected chi connectivity index (χ3v) is 10.2. The number of halogens is 2. The van der Waals surface area contributed by atoms with E-state index >= 15 is 0 Å². The molecule has 0 rings (SSSR count). The molecular weight excluding hydrogens is 491 g/mol. The summed E-state index contributed by atoms with van der Waals surface area (Å²) in [4.78, 5) is 23.2. The number of carbonyl (C=O) groups is 2. The van der Waals surface area contributed by atoms with Gasteiger partial charge in [-0.25, -0.2) is 0 Å². The highest BCUT2D eigenvalue weighted by Gasteiger charge is 2.38. The van der Waals surface area contributed by atoms with Crippen molar-refractivity contribution in [2.75, 3.05) is 11.9 Å². The van der Waals surface area contributed by atoms with Gasteiger partial charge in [-0.05, 0) is 29.1 Å². The molecule has 1 atom stereocenters. The van der Waals surface area contributed by atoms with E-state index in [0.29, 0.717) is 13.0 Å². The van der Waals surface area contributed by atoms with E-state index in [0.717, 1.165) is 5.57 Å². The first-order valence-electron chi connectivity index (χ1n) is 7.60. The quantitative estimate of drug-likeness (QED) is 0.142. The normalized spacial score (nSPS) is 14.5. The van der Waals surface area contributed by atoms with Crippen LogP contribution in [0.1, 0.15) is 40.5 Å². The molecule has 0 saturated carbocycles. The van der Waals surface area contributed by atoms with Crippen molar-refractivity contribution in [2.24, 2.45) is 0 Å². The summed E-state index contributed by atoms with van der Waals surface area (Å²) in [6.45, 7) is 13.2. The van der Waals surface area contributed by atoms with E-state index in [9.17, 15) is 9.59 Å². The van der Waals surface area contributed by atoms with Crippen LogP contribution in [0.5, 0.6) is 0 Å². The molecule has 0 heterocycles. The van der Waals surface area contributed by atoms with Crippen molar-refractivity contribution in [1.82, 2.24) is 0 Å². The molecule has 0 spiro atoms. The Morgan fingerprint density at radius 1 is 1.30 bits per heavy atom. The van der Waals surface area contributed by atoms with Crippen molar-refractivity contribution < 1.29 is 18.8 Å². The highest BCUT2D eigenvalue weighted by atomic mass is 127. The summed E-state index contributed by atoms with van der Waals surface area (Å²) >= 11 is 5.22. The Morgan fingerprint density at radius 2 is 1.87 bits per heavy atom. The predicted molar refractivity (Wildman–Crippen MR) is 109 cm³/mol. The van der Waals surface area contributed by atoms with Gasteiger partial charge in [-0.1, -0.05) is 64.9 Å². The zero-order valence-corrected chi connectivity index (χ0v) is 19.6. The molecule has 0 aliphatic carbocycles. The SMILES string of the molecule is C/C(=C\I)CC(CO[Si](C)(C)C(C)(C)C)OC(=O)CC(=O)CBr. The first-order valence-corrected chi connectivity index (χ1v) is 12.9. The molecule has 0 bridgehead atoms. The van der Waals surface area contributed by atoms with Crippen LogP contribution in [0, 0.1) is 0 Å². The van der Waals surface area contributed by atoms with Crippen LogP contribution in [0.25, 0.3) is 0 Å². The molecule has 0 aromatic rings. The third kappa shape index (κ3) is 9.36. The molecule has 4 nitrogen and oxygen atoms in total. The van der Waals surface area contributed by atoms with Crippen molar-refractivity contribution in [1.29, 1.82) is 0 Å². The molecule has 0 aliphatic rings. The monoisotopic (exact) mass is 518 g/mol. The Morgan fingerprint density at radius 3 is 2.30 bits per heavy atom. The van der Waals surface area contributed by atoms with Crippen LogP contribution in [0.3, 0.4) is 0 Å². The Hall–Kier alpha value is 0.267. The van der Waals surface area contributed by atoms with Crippen LogP contribution in [-0.2, 0) is 18.8 Å². The Balaban J connectivity index is 4.83. The van der Waals surface area contributed by atoms with Crippen molar-refractivity contribution in [3.63, 3.8) is 0 Å². The minimum atomic E-state index is -1.91. The Labute approximate surface area is 163 Å². The molecule has 0 fully saturated rings. The van der Waals surface area contributed by atoms with Gasteiger partial charge in [0.2, 0.25) is 0 Å². The van der Waals surface area contributed by atoms with E-state index in [2.05, 4.69) is 72.4 Å². The van der Waals surface area contributed by atoms with Gasteiger partial charge in [0, 0.05) is 6.42 Å². The van der Waals surface area contributed by atoms with Gasteiger partial charge in [-0.2, -0.15) is 0 Å². The zero-order valence-electron chi connectivity index (χ0n) is 14.9. The molecule has 134 valence electrons. The minimum absolute atomic E-state index is 0.0988. The van der Waals surface area contributed by atoms with Crippen molar-refractivity contribution >= 4 is 58.6 Å². The Kier molecular flexibility index (Phi) is 10.4. The summed E-state index contributed by atoms with van der Waals surface area (Å²) < 4.78 is 13.6. The van der Waals surface area contributed by atoms with Crippen LogP contribution in [0.15, 0.2) is 9.66 Å². The van der Waals surface area contributed by atoms with E-state index in [1.807, 2.05) is 11.0 Å². The maximum Gasteiger partial charge on any atom is 0.313 e. The number of Topliss-reactive ketones (excluding diaryl/α,β-unsaturated/α-hetero) is 1. The third-order valence-electron chi connectivity index (χ3n) is 3.96. The molecule has 0 radical (unpaired) electrons. The lowest BCUT2D eigenvalue weighted by atomic mass is 10.1. The number of ether oxygens (including phenoxy) is 1. The second-order valence-corrected chi connectivity index (χ2v) is 13.2. The van der Waals surface area contributed by atoms with Gasteiger partial charge in [0.05, 0.1) is 11.9 Å². The fourth-order valence-electron chi connectivity index (χ4n) is 1.49. The smallest absolute Gasteiger partial charge is 0.313 e. The molecule has 0 aromatic heterocycles. The van der Waals surface area contributed by atoms with E-state index in [1.165, 1.54) is 0 Å². The zero-order chi connectivity index (χ0) is 18.3. The molecule has 0 aromatic carbocycles. The molecule has 7 heteroatoms. The summed E-state index contributed by atoms with van der Waals surface area (Å²) in [5.41, 5.74) is 1.12. The maximum atomic E-state index is 11.9. The average molecular weight is 519 g/mol. The minimum Gasteiger partial charge on any atom is -0.459 e.